The molecule has 1 aliphatic heterocycles. The molecule has 2 N–H and O–H groups in total. The van der Waals surface area contributed by atoms with Crippen LogP contribution in [0, 0.1) is 6.92 Å². The number of nitrogens with one attached hydrogen (secondary N) is 2. The van der Waals surface area contributed by atoms with Gasteiger partial charge in [-0.2, -0.15) is 0 Å². The zero-order chi connectivity index (χ0) is 23.2. The number of hydrogen-bond donors (Lipinski definition) is 2. The van der Waals surface area contributed by atoms with Crippen molar-refractivity contribution < 1.29 is 19.0 Å². The lowest BCUT2D eigenvalue weighted by molar-refractivity contribution is -0.118. The normalized spacial score (nSPS) is 13.7. The second kappa shape index (κ2) is 10.6. The van der Waals surface area contributed by atoms with Gasteiger partial charge in [0.1, 0.15) is 11.8 Å². The first-order valence-electron chi connectivity index (χ1n) is 10.9. The number of hydrogen-bond acceptors (Lipinski definition) is 5. The third kappa shape index (κ3) is 5.59. The van der Waals surface area contributed by atoms with Gasteiger partial charge in [0.25, 0.3) is 0 Å². The van der Waals surface area contributed by atoms with Gasteiger partial charge in [0.15, 0.2) is 11.5 Å². The highest BCUT2D eigenvalue weighted by Gasteiger charge is 2.22. The van der Waals surface area contributed by atoms with E-state index in [9.17, 15) is 4.79 Å². The van der Waals surface area contributed by atoms with E-state index in [1.807, 2.05) is 67.6 Å². The number of benzene rings is 3. The quantitative estimate of drug-likeness (QED) is 0.495. The third-order valence-corrected chi connectivity index (χ3v) is 5.66. The lowest BCUT2D eigenvalue weighted by Crippen LogP contribution is -2.33. The molecule has 3 aromatic carbocycles. The minimum atomic E-state index is -0.592. The van der Waals surface area contributed by atoms with Crippen molar-refractivity contribution in [3.63, 3.8) is 0 Å². The molecule has 6 nitrogen and oxygen atoms in total. The summed E-state index contributed by atoms with van der Waals surface area (Å²) >= 11 is 6.44. The molecule has 0 saturated carbocycles. The summed E-state index contributed by atoms with van der Waals surface area (Å²) in [6.45, 7) is 3.53. The molecule has 0 fully saturated rings. The summed E-state index contributed by atoms with van der Waals surface area (Å²) in [6.07, 6.45) is 0.803. The molecule has 1 aliphatic rings. The molecule has 7 heteroatoms. The number of carbonyl (C=O) groups excluding carboxylic acids is 1. The molecule has 4 rings (SSSR count). The Labute approximate surface area is 198 Å². The van der Waals surface area contributed by atoms with Crippen LogP contribution in [-0.2, 0) is 11.3 Å². The summed E-state index contributed by atoms with van der Waals surface area (Å²) in [7, 11) is 1.58. The van der Waals surface area contributed by atoms with Crippen LogP contribution in [0.4, 0.5) is 5.69 Å². The Bertz CT molecular complexity index is 1120. The first-order chi connectivity index (χ1) is 16.0. The van der Waals surface area contributed by atoms with Crippen molar-refractivity contribution in [1.29, 1.82) is 0 Å². The number of methoxy groups -OCH3 is 1. The molecule has 0 aliphatic carbocycles. The lowest BCUT2D eigenvalue weighted by Gasteiger charge is -2.21. The predicted molar refractivity (Wildman–Crippen MR) is 129 cm³/mol. The fraction of sp³-hybridized carbons (Fsp3) is 0.269. The molecule has 1 amide bonds. The van der Waals surface area contributed by atoms with E-state index >= 15 is 0 Å². The van der Waals surface area contributed by atoms with Gasteiger partial charge in [-0.15, -0.1) is 0 Å². The third-order valence-electron chi connectivity index (χ3n) is 5.38. The highest BCUT2D eigenvalue weighted by atomic mass is 35.5. The Hall–Kier alpha value is -3.22. The highest BCUT2D eigenvalue weighted by Crippen LogP contribution is 2.38. The average Bonchev–Trinajstić information content (AvgIpc) is 3.06. The minimum Gasteiger partial charge on any atom is -0.495 e. The van der Waals surface area contributed by atoms with Crippen LogP contribution in [0.25, 0.3) is 0 Å². The number of carbonyl (C=O) groups is 1. The Morgan fingerprint density at radius 3 is 2.67 bits per heavy atom. The number of rotatable bonds is 7. The highest BCUT2D eigenvalue weighted by molar-refractivity contribution is 6.32. The van der Waals surface area contributed by atoms with Gasteiger partial charge in [-0.25, -0.2) is 0 Å². The van der Waals surface area contributed by atoms with Gasteiger partial charge in [0, 0.05) is 13.0 Å². The average molecular weight is 467 g/mol. The van der Waals surface area contributed by atoms with E-state index in [0.29, 0.717) is 47.7 Å². The maximum absolute atomic E-state index is 13.4. The number of ether oxygens (including phenoxy) is 3. The summed E-state index contributed by atoms with van der Waals surface area (Å²) in [4.78, 5) is 13.4. The molecule has 0 bridgehead atoms. The van der Waals surface area contributed by atoms with Crippen LogP contribution in [0.2, 0.25) is 5.02 Å². The number of halogens is 1. The van der Waals surface area contributed by atoms with Crippen molar-refractivity contribution in [1.82, 2.24) is 5.32 Å². The molecule has 1 heterocycles. The maximum atomic E-state index is 13.4. The van der Waals surface area contributed by atoms with Crippen molar-refractivity contribution >= 4 is 23.2 Å². The van der Waals surface area contributed by atoms with Gasteiger partial charge in [-0.1, -0.05) is 48.0 Å². The second-order valence-corrected chi connectivity index (χ2v) is 8.28. The van der Waals surface area contributed by atoms with E-state index in [1.165, 1.54) is 0 Å². The van der Waals surface area contributed by atoms with Gasteiger partial charge >= 0.3 is 0 Å². The number of aryl methyl sites for hydroxylation is 1. The van der Waals surface area contributed by atoms with E-state index in [1.54, 1.807) is 7.11 Å². The van der Waals surface area contributed by atoms with Gasteiger partial charge in [0.05, 0.1) is 31.0 Å². The van der Waals surface area contributed by atoms with Gasteiger partial charge in [-0.3, -0.25) is 10.1 Å². The summed E-state index contributed by atoms with van der Waals surface area (Å²) < 4.78 is 16.9. The first-order valence-corrected chi connectivity index (χ1v) is 11.2. The van der Waals surface area contributed by atoms with Crippen molar-refractivity contribution in [2.75, 3.05) is 25.6 Å². The van der Waals surface area contributed by atoms with Crippen LogP contribution < -0.4 is 24.8 Å². The molecule has 0 saturated heterocycles. The van der Waals surface area contributed by atoms with Crippen molar-refractivity contribution in [3.05, 3.63) is 82.4 Å². The summed E-state index contributed by atoms with van der Waals surface area (Å²) in [5.74, 6) is 1.62. The van der Waals surface area contributed by atoms with E-state index in [2.05, 4.69) is 10.6 Å². The molecule has 0 aromatic heterocycles. The fourth-order valence-corrected chi connectivity index (χ4v) is 4.03. The Balaban J connectivity index is 1.56. The smallest absolute Gasteiger partial charge is 0.246 e. The molecule has 3 aromatic rings. The van der Waals surface area contributed by atoms with Gasteiger partial charge in [0.2, 0.25) is 5.91 Å². The molecule has 0 unspecified atom stereocenters. The first kappa shape index (κ1) is 23.0. The summed E-state index contributed by atoms with van der Waals surface area (Å²) in [5.41, 5.74) is 3.40. The van der Waals surface area contributed by atoms with Crippen LogP contribution >= 0.6 is 11.6 Å². The Morgan fingerprint density at radius 2 is 1.88 bits per heavy atom. The lowest BCUT2D eigenvalue weighted by atomic mass is 10.0. The van der Waals surface area contributed by atoms with E-state index in [4.69, 9.17) is 25.8 Å². The van der Waals surface area contributed by atoms with Crippen LogP contribution in [0.1, 0.15) is 29.2 Å². The zero-order valence-corrected chi connectivity index (χ0v) is 19.4. The topological polar surface area (TPSA) is 68.8 Å². The Morgan fingerprint density at radius 1 is 1.09 bits per heavy atom. The molecule has 0 spiro atoms. The SMILES string of the molecule is COc1ccc(C)cc1NC(=O)[C@H](NCc1cc(Cl)c2c(c1)OCCCO2)c1ccccc1. The van der Waals surface area contributed by atoms with Gasteiger partial charge < -0.3 is 19.5 Å². The standard InChI is InChI=1S/C26H27ClN2O4/c1-17-9-10-22(31-2)21(13-17)29-26(30)24(19-7-4-3-5-8-19)28-16-18-14-20(27)25-23(15-18)32-11-6-12-33-25/h3-5,7-10,13-15,24,28H,6,11-12,16H2,1-2H3,(H,29,30)/t24-/m1/s1. The fourth-order valence-electron chi connectivity index (χ4n) is 3.74. The molecular formula is C26H27ClN2O4. The summed E-state index contributed by atoms with van der Waals surface area (Å²) in [6, 6.07) is 18.4. The van der Waals surface area contributed by atoms with Crippen LogP contribution in [0.3, 0.4) is 0 Å². The molecule has 1 atom stereocenters. The second-order valence-electron chi connectivity index (χ2n) is 7.87. The van der Waals surface area contributed by atoms with Crippen LogP contribution in [-0.4, -0.2) is 26.2 Å². The van der Waals surface area contributed by atoms with E-state index < -0.39 is 6.04 Å². The maximum Gasteiger partial charge on any atom is 0.246 e. The predicted octanol–water partition coefficient (Wildman–Crippen LogP) is 5.29. The molecule has 33 heavy (non-hydrogen) atoms. The molecular weight excluding hydrogens is 440 g/mol. The van der Waals surface area contributed by atoms with E-state index in [0.717, 1.165) is 23.1 Å². The number of anilines is 1. The van der Waals surface area contributed by atoms with Gasteiger partial charge in [-0.05, 0) is 47.9 Å². The van der Waals surface area contributed by atoms with Crippen molar-refractivity contribution in [2.24, 2.45) is 0 Å². The Kier molecular flexibility index (Phi) is 7.37. The van der Waals surface area contributed by atoms with E-state index in [-0.39, 0.29) is 5.91 Å². The summed E-state index contributed by atoms with van der Waals surface area (Å²) in [5, 5.41) is 6.87. The molecule has 172 valence electrons. The minimum absolute atomic E-state index is 0.189. The number of fused-ring (bicyclic) bond motifs is 1. The zero-order valence-electron chi connectivity index (χ0n) is 18.7. The van der Waals surface area contributed by atoms with Crippen LogP contribution in [0.5, 0.6) is 17.2 Å². The van der Waals surface area contributed by atoms with Crippen molar-refractivity contribution in [3.8, 4) is 17.2 Å². The number of amides is 1. The van der Waals surface area contributed by atoms with Crippen LogP contribution in [0.15, 0.2) is 60.7 Å². The monoisotopic (exact) mass is 466 g/mol. The van der Waals surface area contributed by atoms with Crippen molar-refractivity contribution in [2.45, 2.75) is 25.9 Å². The molecule has 0 radical (unpaired) electrons. The largest absolute Gasteiger partial charge is 0.495 e.